The molecule has 2 heteroatoms. The lowest BCUT2D eigenvalue weighted by atomic mass is 10.0. The maximum atomic E-state index is 3.71. The second kappa shape index (κ2) is 5.57. The van der Waals surface area contributed by atoms with E-state index in [9.17, 15) is 0 Å². The number of nitrogens with one attached hydrogen (secondary N) is 1. The largest absolute Gasteiger partial charge is 0.377 e. The predicted molar refractivity (Wildman–Crippen MR) is 81.6 cm³/mol. The molecule has 1 heterocycles. The van der Waals surface area contributed by atoms with Crippen LogP contribution in [0.2, 0.25) is 0 Å². The highest BCUT2D eigenvalue weighted by Crippen LogP contribution is 2.30. The van der Waals surface area contributed by atoms with E-state index in [0.29, 0.717) is 6.04 Å². The van der Waals surface area contributed by atoms with Gasteiger partial charge in [0, 0.05) is 10.6 Å². The number of benzene rings is 1. The van der Waals surface area contributed by atoms with Gasteiger partial charge < -0.3 is 5.32 Å². The molecule has 0 aliphatic rings. The molecule has 1 aromatic carbocycles. The van der Waals surface area contributed by atoms with Crippen molar-refractivity contribution in [2.24, 2.45) is 0 Å². The summed E-state index contributed by atoms with van der Waals surface area (Å²) in [7, 11) is 0. The van der Waals surface area contributed by atoms with E-state index < -0.39 is 0 Å². The molecule has 0 amide bonds. The quantitative estimate of drug-likeness (QED) is 0.792. The van der Waals surface area contributed by atoms with Gasteiger partial charge in [0.1, 0.15) is 0 Å². The Morgan fingerprint density at radius 3 is 2.33 bits per heavy atom. The lowest BCUT2D eigenvalue weighted by Gasteiger charge is -2.21. The molecule has 0 bridgehead atoms. The zero-order chi connectivity index (χ0) is 13.1. The van der Waals surface area contributed by atoms with Gasteiger partial charge in [0.2, 0.25) is 0 Å². The van der Waals surface area contributed by atoms with Gasteiger partial charge in [-0.2, -0.15) is 0 Å². The van der Waals surface area contributed by atoms with Crippen molar-refractivity contribution in [3.8, 4) is 0 Å². The average molecular weight is 259 g/mol. The highest BCUT2D eigenvalue weighted by Gasteiger charge is 2.12. The van der Waals surface area contributed by atoms with Crippen LogP contribution in [0.15, 0.2) is 29.6 Å². The standard InChI is InChI=1S/C16H21NS/c1-5-14(15-7-6-8-18-15)17-16-12(3)9-11(2)10-13(16)4/h6-10,14,17H,5H2,1-4H3. The Hall–Kier alpha value is -1.28. The van der Waals surface area contributed by atoms with Gasteiger partial charge in [0.25, 0.3) is 0 Å². The first kappa shape index (κ1) is 13.2. The number of aryl methyl sites for hydroxylation is 3. The van der Waals surface area contributed by atoms with Crippen LogP contribution in [-0.4, -0.2) is 0 Å². The van der Waals surface area contributed by atoms with Crippen LogP contribution < -0.4 is 5.32 Å². The lowest BCUT2D eigenvalue weighted by molar-refractivity contribution is 0.761. The van der Waals surface area contributed by atoms with Gasteiger partial charge in [-0.25, -0.2) is 0 Å². The third-order valence-electron chi connectivity index (χ3n) is 3.29. The van der Waals surface area contributed by atoms with Crippen molar-refractivity contribution in [1.82, 2.24) is 0 Å². The fourth-order valence-corrected chi connectivity index (χ4v) is 3.31. The van der Waals surface area contributed by atoms with E-state index in [1.807, 2.05) is 11.3 Å². The second-order valence-corrected chi connectivity index (χ2v) is 5.87. The fourth-order valence-electron chi connectivity index (χ4n) is 2.45. The van der Waals surface area contributed by atoms with E-state index in [0.717, 1.165) is 6.42 Å². The Morgan fingerprint density at radius 2 is 1.83 bits per heavy atom. The van der Waals surface area contributed by atoms with E-state index in [-0.39, 0.29) is 0 Å². The average Bonchev–Trinajstić information content (AvgIpc) is 2.81. The number of hydrogen-bond donors (Lipinski definition) is 1. The van der Waals surface area contributed by atoms with E-state index in [2.05, 4.69) is 62.7 Å². The molecule has 0 aliphatic heterocycles. The minimum atomic E-state index is 0.421. The summed E-state index contributed by atoms with van der Waals surface area (Å²) in [6.45, 7) is 8.75. The molecule has 18 heavy (non-hydrogen) atoms. The third-order valence-corrected chi connectivity index (χ3v) is 4.28. The molecule has 0 saturated carbocycles. The van der Waals surface area contributed by atoms with Crippen molar-refractivity contribution < 1.29 is 0 Å². The maximum absolute atomic E-state index is 3.71. The SMILES string of the molecule is CCC(Nc1c(C)cc(C)cc1C)c1cccs1. The van der Waals surface area contributed by atoms with Gasteiger partial charge in [-0.3, -0.25) is 0 Å². The molecule has 96 valence electrons. The third kappa shape index (κ3) is 2.75. The summed E-state index contributed by atoms with van der Waals surface area (Å²) in [5.74, 6) is 0. The summed E-state index contributed by atoms with van der Waals surface area (Å²) in [5.41, 5.74) is 5.30. The summed E-state index contributed by atoms with van der Waals surface area (Å²) in [5, 5.41) is 5.85. The number of thiophene rings is 1. The first-order valence-electron chi connectivity index (χ1n) is 6.49. The Kier molecular flexibility index (Phi) is 4.07. The van der Waals surface area contributed by atoms with Crippen molar-refractivity contribution in [2.75, 3.05) is 5.32 Å². The molecule has 1 N–H and O–H groups in total. The summed E-state index contributed by atoms with van der Waals surface area (Å²) in [6.07, 6.45) is 1.10. The van der Waals surface area contributed by atoms with Crippen molar-refractivity contribution in [3.63, 3.8) is 0 Å². The molecule has 0 fully saturated rings. The monoisotopic (exact) mass is 259 g/mol. The second-order valence-electron chi connectivity index (χ2n) is 4.89. The van der Waals surface area contributed by atoms with Crippen LogP contribution in [0, 0.1) is 20.8 Å². The molecule has 2 aromatic rings. The first-order chi connectivity index (χ1) is 8.61. The normalized spacial score (nSPS) is 12.4. The van der Waals surface area contributed by atoms with Gasteiger partial charge in [-0.15, -0.1) is 11.3 Å². The molecule has 1 unspecified atom stereocenters. The Morgan fingerprint density at radius 1 is 1.17 bits per heavy atom. The maximum Gasteiger partial charge on any atom is 0.0604 e. The minimum absolute atomic E-state index is 0.421. The number of anilines is 1. The number of hydrogen-bond acceptors (Lipinski definition) is 2. The van der Waals surface area contributed by atoms with Crippen molar-refractivity contribution in [3.05, 3.63) is 51.2 Å². The van der Waals surface area contributed by atoms with E-state index in [4.69, 9.17) is 0 Å². The summed E-state index contributed by atoms with van der Waals surface area (Å²) >= 11 is 1.83. The molecule has 1 aromatic heterocycles. The topological polar surface area (TPSA) is 12.0 Å². The van der Waals surface area contributed by atoms with Gasteiger partial charge in [0.05, 0.1) is 6.04 Å². The predicted octanol–water partition coefficient (Wildman–Crippen LogP) is 5.24. The van der Waals surface area contributed by atoms with Crippen LogP contribution in [0.25, 0.3) is 0 Å². The first-order valence-corrected chi connectivity index (χ1v) is 7.37. The van der Waals surface area contributed by atoms with Gasteiger partial charge >= 0.3 is 0 Å². The molecular weight excluding hydrogens is 238 g/mol. The minimum Gasteiger partial charge on any atom is -0.377 e. The van der Waals surface area contributed by atoms with Crippen molar-refractivity contribution in [2.45, 2.75) is 40.2 Å². The Balaban J connectivity index is 2.28. The van der Waals surface area contributed by atoms with Gasteiger partial charge in [-0.1, -0.05) is 30.7 Å². The van der Waals surface area contributed by atoms with Crippen LogP contribution in [-0.2, 0) is 0 Å². The molecule has 0 spiro atoms. The molecule has 0 aliphatic carbocycles. The van der Waals surface area contributed by atoms with Crippen LogP contribution in [0.5, 0.6) is 0 Å². The molecule has 1 atom stereocenters. The molecular formula is C16H21NS. The van der Waals surface area contributed by atoms with Crippen LogP contribution >= 0.6 is 11.3 Å². The Labute approximate surface area is 114 Å². The summed E-state index contributed by atoms with van der Waals surface area (Å²) in [6, 6.07) is 9.25. The fraction of sp³-hybridized carbons (Fsp3) is 0.375. The summed E-state index contributed by atoms with van der Waals surface area (Å²) in [4.78, 5) is 1.41. The highest BCUT2D eigenvalue weighted by molar-refractivity contribution is 7.10. The van der Waals surface area contributed by atoms with Crippen LogP contribution in [0.3, 0.4) is 0 Å². The summed E-state index contributed by atoms with van der Waals surface area (Å²) < 4.78 is 0. The van der Waals surface area contributed by atoms with Gasteiger partial charge in [0.15, 0.2) is 0 Å². The molecule has 0 radical (unpaired) electrons. The van der Waals surface area contributed by atoms with Crippen molar-refractivity contribution >= 4 is 17.0 Å². The zero-order valence-electron chi connectivity index (χ0n) is 11.6. The highest BCUT2D eigenvalue weighted by atomic mass is 32.1. The molecule has 2 rings (SSSR count). The molecule has 1 nitrogen and oxygen atoms in total. The zero-order valence-corrected chi connectivity index (χ0v) is 12.4. The Bertz CT molecular complexity index is 491. The van der Waals surface area contributed by atoms with Crippen LogP contribution in [0.1, 0.15) is 41.0 Å². The van der Waals surface area contributed by atoms with Crippen molar-refractivity contribution in [1.29, 1.82) is 0 Å². The number of rotatable bonds is 4. The van der Waals surface area contributed by atoms with Crippen LogP contribution in [0.4, 0.5) is 5.69 Å². The van der Waals surface area contributed by atoms with E-state index in [1.165, 1.54) is 27.3 Å². The lowest BCUT2D eigenvalue weighted by Crippen LogP contribution is -2.10. The van der Waals surface area contributed by atoms with E-state index in [1.54, 1.807) is 0 Å². The van der Waals surface area contributed by atoms with E-state index >= 15 is 0 Å². The smallest absolute Gasteiger partial charge is 0.0604 e. The molecule has 0 saturated heterocycles. The van der Waals surface area contributed by atoms with Gasteiger partial charge in [-0.05, 0) is 49.8 Å².